The largest absolute Gasteiger partial charge is 0.348 e. The van der Waals surface area contributed by atoms with Crippen LogP contribution >= 0.6 is 15.9 Å². The third-order valence-corrected chi connectivity index (χ3v) is 4.50. The van der Waals surface area contributed by atoms with E-state index in [1.54, 1.807) is 0 Å². The number of halogens is 1. The number of piperidine rings is 1. The van der Waals surface area contributed by atoms with E-state index >= 15 is 0 Å². The first-order valence-electron chi connectivity index (χ1n) is 6.87. The van der Waals surface area contributed by atoms with Crippen molar-refractivity contribution in [2.75, 3.05) is 6.54 Å². The summed E-state index contributed by atoms with van der Waals surface area (Å²) in [5.74, 6) is 0.510. The maximum atomic E-state index is 12.3. The molecule has 1 saturated heterocycles. The summed E-state index contributed by atoms with van der Waals surface area (Å²) in [7, 11) is 0. The van der Waals surface area contributed by atoms with Crippen LogP contribution in [-0.2, 0) is 4.79 Å². The molecule has 2 N–H and O–H groups in total. The number of rotatable bonds is 3. The monoisotopic (exact) mass is 324 g/mol. The minimum absolute atomic E-state index is 0.0130. The van der Waals surface area contributed by atoms with Crippen molar-refractivity contribution in [2.45, 2.75) is 38.8 Å². The van der Waals surface area contributed by atoms with Crippen LogP contribution in [0.25, 0.3) is 0 Å². The van der Waals surface area contributed by atoms with Gasteiger partial charge >= 0.3 is 0 Å². The van der Waals surface area contributed by atoms with Gasteiger partial charge in [-0.15, -0.1) is 0 Å². The van der Waals surface area contributed by atoms with Gasteiger partial charge < -0.3 is 10.6 Å². The van der Waals surface area contributed by atoms with Crippen molar-refractivity contribution < 1.29 is 4.79 Å². The molecule has 1 heterocycles. The van der Waals surface area contributed by atoms with Gasteiger partial charge in [-0.3, -0.25) is 4.79 Å². The Kier molecular flexibility index (Phi) is 4.99. The van der Waals surface area contributed by atoms with E-state index < -0.39 is 0 Å². The van der Waals surface area contributed by atoms with Gasteiger partial charge in [0.25, 0.3) is 0 Å². The van der Waals surface area contributed by atoms with Crippen LogP contribution in [0.1, 0.15) is 38.3 Å². The van der Waals surface area contributed by atoms with Crippen molar-refractivity contribution >= 4 is 21.8 Å². The highest BCUT2D eigenvalue weighted by Crippen LogP contribution is 2.23. The van der Waals surface area contributed by atoms with Crippen molar-refractivity contribution in [1.82, 2.24) is 10.6 Å². The molecule has 1 aromatic carbocycles. The molecule has 3 atom stereocenters. The van der Waals surface area contributed by atoms with Gasteiger partial charge in [0.1, 0.15) is 0 Å². The molecule has 4 heteroatoms. The lowest BCUT2D eigenvalue weighted by molar-refractivity contribution is -0.125. The Balaban J connectivity index is 2.00. The summed E-state index contributed by atoms with van der Waals surface area (Å²) >= 11 is 3.53. The lowest BCUT2D eigenvalue weighted by Crippen LogP contribution is -2.51. The second-order valence-corrected chi connectivity index (χ2v) is 6.16. The molecular weight excluding hydrogens is 304 g/mol. The molecule has 1 aromatic rings. The van der Waals surface area contributed by atoms with E-state index in [0.29, 0.717) is 5.92 Å². The molecule has 1 aliphatic rings. The van der Waals surface area contributed by atoms with E-state index in [4.69, 9.17) is 0 Å². The molecule has 0 radical (unpaired) electrons. The van der Waals surface area contributed by atoms with Crippen LogP contribution in [0.15, 0.2) is 28.7 Å². The first-order valence-corrected chi connectivity index (χ1v) is 7.67. The molecule has 0 saturated carbocycles. The average molecular weight is 325 g/mol. The van der Waals surface area contributed by atoms with Gasteiger partial charge in [-0.1, -0.05) is 41.1 Å². The molecule has 0 spiro atoms. The number of nitrogens with one attached hydrogen (secondary N) is 2. The topological polar surface area (TPSA) is 41.1 Å². The first-order chi connectivity index (χ1) is 9.09. The minimum Gasteiger partial charge on any atom is -0.348 e. The zero-order chi connectivity index (χ0) is 13.8. The highest BCUT2D eigenvalue weighted by molar-refractivity contribution is 9.10. The van der Waals surface area contributed by atoms with Gasteiger partial charge in [0, 0.05) is 4.47 Å². The van der Waals surface area contributed by atoms with Crippen LogP contribution in [-0.4, -0.2) is 18.5 Å². The highest BCUT2D eigenvalue weighted by Gasteiger charge is 2.28. The lowest BCUT2D eigenvalue weighted by Gasteiger charge is -2.30. The minimum atomic E-state index is -0.0568. The number of hydrogen-bond acceptors (Lipinski definition) is 2. The highest BCUT2D eigenvalue weighted by atomic mass is 79.9. The average Bonchev–Trinajstić information content (AvgIpc) is 2.39. The summed E-state index contributed by atoms with van der Waals surface area (Å²) in [6, 6.07) is 7.96. The molecule has 0 bridgehead atoms. The molecule has 1 fully saturated rings. The fourth-order valence-corrected chi connectivity index (χ4v) is 3.24. The van der Waals surface area contributed by atoms with Crippen molar-refractivity contribution in [2.24, 2.45) is 5.92 Å². The maximum Gasteiger partial charge on any atom is 0.237 e. The van der Waals surface area contributed by atoms with Crippen molar-refractivity contribution in [3.05, 3.63) is 34.3 Å². The molecule has 0 aliphatic carbocycles. The van der Waals surface area contributed by atoms with Crippen molar-refractivity contribution in [3.8, 4) is 0 Å². The van der Waals surface area contributed by atoms with Crippen LogP contribution in [0.2, 0.25) is 0 Å². The molecule has 2 rings (SSSR count). The molecule has 0 aromatic heterocycles. The van der Waals surface area contributed by atoms with E-state index in [2.05, 4.69) is 33.5 Å². The van der Waals surface area contributed by atoms with Gasteiger partial charge in [-0.25, -0.2) is 0 Å². The zero-order valence-electron chi connectivity index (χ0n) is 11.4. The number of carbonyl (C=O) groups excluding carboxylic acids is 1. The Labute approximate surface area is 123 Å². The van der Waals surface area contributed by atoms with E-state index in [1.165, 1.54) is 0 Å². The normalized spacial score (nSPS) is 24.8. The Bertz CT molecular complexity index is 450. The van der Waals surface area contributed by atoms with E-state index in [-0.39, 0.29) is 18.0 Å². The summed E-state index contributed by atoms with van der Waals surface area (Å²) < 4.78 is 1.03. The summed E-state index contributed by atoms with van der Waals surface area (Å²) in [5.41, 5.74) is 1.11. The number of benzene rings is 1. The van der Waals surface area contributed by atoms with Crippen molar-refractivity contribution in [1.29, 1.82) is 0 Å². The van der Waals surface area contributed by atoms with Crippen LogP contribution in [0, 0.1) is 5.92 Å². The van der Waals surface area contributed by atoms with Crippen LogP contribution < -0.4 is 10.6 Å². The molecule has 3 unspecified atom stereocenters. The Morgan fingerprint density at radius 2 is 2.21 bits per heavy atom. The summed E-state index contributed by atoms with van der Waals surface area (Å²) in [5, 5.41) is 6.42. The molecule has 3 nitrogen and oxygen atoms in total. The number of carbonyl (C=O) groups is 1. The van der Waals surface area contributed by atoms with E-state index in [1.807, 2.05) is 31.2 Å². The van der Waals surface area contributed by atoms with E-state index in [0.717, 1.165) is 29.4 Å². The molecule has 1 aliphatic heterocycles. The molecule has 104 valence electrons. The lowest BCUT2D eigenvalue weighted by atomic mass is 9.92. The Morgan fingerprint density at radius 3 is 2.89 bits per heavy atom. The van der Waals surface area contributed by atoms with Gasteiger partial charge in [0.15, 0.2) is 0 Å². The van der Waals surface area contributed by atoms with Gasteiger partial charge in [0.2, 0.25) is 5.91 Å². The fraction of sp³-hybridized carbons (Fsp3) is 0.533. The number of amides is 1. The third kappa shape index (κ3) is 3.57. The Morgan fingerprint density at radius 1 is 1.47 bits per heavy atom. The standard InChI is InChI=1S/C15H21BrN2O/c1-10-6-5-9-17-14(10)15(19)18-11(2)12-7-3-4-8-13(12)16/h3-4,7-8,10-11,14,17H,5-6,9H2,1-2H3,(H,18,19). The molecule has 19 heavy (non-hydrogen) atoms. The summed E-state index contributed by atoms with van der Waals surface area (Å²) in [4.78, 5) is 12.3. The molecular formula is C15H21BrN2O. The maximum absolute atomic E-state index is 12.3. The van der Waals surface area contributed by atoms with Gasteiger partial charge in [-0.05, 0) is 43.9 Å². The van der Waals surface area contributed by atoms with Gasteiger partial charge in [0.05, 0.1) is 12.1 Å². The SMILES string of the molecule is CC(NC(=O)C1NCCCC1C)c1ccccc1Br. The zero-order valence-corrected chi connectivity index (χ0v) is 13.0. The second kappa shape index (κ2) is 6.53. The smallest absolute Gasteiger partial charge is 0.237 e. The summed E-state index contributed by atoms with van der Waals surface area (Å²) in [6.07, 6.45) is 2.28. The first kappa shape index (κ1) is 14.5. The van der Waals surface area contributed by atoms with Crippen LogP contribution in [0.4, 0.5) is 0 Å². The van der Waals surface area contributed by atoms with Crippen molar-refractivity contribution in [3.63, 3.8) is 0 Å². The van der Waals surface area contributed by atoms with Crippen LogP contribution in [0.3, 0.4) is 0 Å². The summed E-state index contributed by atoms with van der Waals surface area (Å²) in [6.45, 7) is 5.09. The third-order valence-electron chi connectivity index (χ3n) is 3.78. The Hall–Kier alpha value is -0.870. The quantitative estimate of drug-likeness (QED) is 0.897. The molecule has 1 amide bonds. The van der Waals surface area contributed by atoms with Gasteiger partial charge in [-0.2, -0.15) is 0 Å². The predicted octanol–water partition coefficient (Wildman–Crippen LogP) is 3.01. The number of hydrogen-bond donors (Lipinski definition) is 2. The second-order valence-electron chi connectivity index (χ2n) is 5.30. The fourth-order valence-electron chi connectivity index (χ4n) is 2.61. The van der Waals surface area contributed by atoms with E-state index in [9.17, 15) is 4.79 Å². The van der Waals surface area contributed by atoms with Crippen LogP contribution in [0.5, 0.6) is 0 Å². The predicted molar refractivity (Wildman–Crippen MR) is 80.9 cm³/mol.